The lowest BCUT2D eigenvalue weighted by atomic mass is 10.3. The molecular formula is C14H13ClN4O5S. The van der Waals surface area contributed by atoms with E-state index in [0.29, 0.717) is 0 Å². The average Bonchev–Trinajstić information content (AvgIpc) is 2.60. The molecule has 1 amide bonds. The summed E-state index contributed by atoms with van der Waals surface area (Å²) in [5.41, 5.74) is 1.48. The first-order chi connectivity index (χ1) is 11.8. The summed E-state index contributed by atoms with van der Waals surface area (Å²) < 4.78 is 26.6. The monoisotopic (exact) mass is 384 g/mol. The van der Waals surface area contributed by atoms with Gasteiger partial charge in [-0.3, -0.25) is 24.6 Å². The number of carbonyl (C=O) groups excluding carboxylic acids is 1. The summed E-state index contributed by atoms with van der Waals surface area (Å²) in [6, 6.07) is 10.5. The van der Waals surface area contributed by atoms with Crippen molar-refractivity contribution < 1.29 is 18.1 Å². The lowest BCUT2D eigenvalue weighted by molar-refractivity contribution is -0.385. The number of hydrogen-bond donors (Lipinski definition) is 2. The molecule has 0 fully saturated rings. The Labute approximate surface area is 148 Å². The van der Waals surface area contributed by atoms with Gasteiger partial charge in [0.1, 0.15) is 6.54 Å². The Kier molecular flexibility index (Phi) is 5.57. The van der Waals surface area contributed by atoms with Gasteiger partial charge in [-0.05, 0) is 18.2 Å². The van der Waals surface area contributed by atoms with E-state index in [9.17, 15) is 23.3 Å². The second kappa shape index (κ2) is 7.47. The van der Waals surface area contributed by atoms with Gasteiger partial charge in [-0.1, -0.05) is 29.8 Å². The van der Waals surface area contributed by atoms with Gasteiger partial charge in [0.15, 0.2) is 0 Å². The first-order valence-electron chi connectivity index (χ1n) is 6.78. The van der Waals surface area contributed by atoms with E-state index in [-0.39, 0.29) is 15.6 Å². The summed E-state index contributed by atoms with van der Waals surface area (Å²) in [5, 5.41) is 11.0. The van der Waals surface area contributed by atoms with E-state index < -0.39 is 33.1 Å². The van der Waals surface area contributed by atoms with Crippen molar-refractivity contribution in [3.8, 4) is 0 Å². The van der Waals surface area contributed by atoms with Crippen LogP contribution in [0.2, 0.25) is 5.02 Å². The van der Waals surface area contributed by atoms with Crippen LogP contribution in [-0.4, -0.2) is 25.8 Å². The Balaban J connectivity index is 2.59. The number of amides is 1. The summed E-state index contributed by atoms with van der Waals surface area (Å²) in [6.45, 7) is -0.648. The summed E-state index contributed by atoms with van der Waals surface area (Å²) in [5.74, 6) is 4.26. The zero-order valence-electron chi connectivity index (χ0n) is 12.6. The molecule has 0 aromatic heterocycles. The number of nitrogens with zero attached hydrogens (tertiary/aromatic N) is 2. The van der Waals surface area contributed by atoms with E-state index in [4.69, 9.17) is 17.4 Å². The quantitative estimate of drug-likeness (QED) is 0.334. The van der Waals surface area contributed by atoms with Crippen LogP contribution in [-0.2, 0) is 14.8 Å². The highest BCUT2D eigenvalue weighted by molar-refractivity contribution is 7.92. The van der Waals surface area contributed by atoms with E-state index in [1.807, 2.05) is 5.43 Å². The molecule has 0 saturated carbocycles. The molecule has 0 unspecified atom stereocenters. The standard InChI is InChI=1S/C14H13ClN4O5S/c15-12-6-1-2-7-13(12)18(9-14(20)17-16)25(23,24)11-5-3-4-10(8-11)19(21)22/h1-8H,9,16H2,(H,17,20). The number of sulfonamides is 1. The lowest BCUT2D eigenvalue weighted by Gasteiger charge is -2.24. The number of hydrazine groups is 1. The minimum Gasteiger partial charge on any atom is -0.293 e. The van der Waals surface area contributed by atoms with Gasteiger partial charge in [0.2, 0.25) is 0 Å². The van der Waals surface area contributed by atoms with E-state index in [1.54, 1.807) is 6.07 Å². The Morgan fingerprint density at radius 2 is 1.92 bits per heavy atom. The number of nitrogens with two attached hydrogens (primary N) is 1. The van der Waals surface area contributed by atoms with Gasteiger partial charge in [0.25, 0.3) is 21.6 Å². The van der Waals surface area contributed by atoms with Crippen LogP contribution in [0.1, 0.15) is 0 Å². The molecule has 0 bridgehead atoms. The molecular weight excluding hydrogens is 372 g/mol. The van der Waals surface area contributed by atoms with Gasteiger partial charge < -0.3 is 0 Å². The highest BCUT2D eigenvalue weighted by Crippen LogP contribution is 2.31. The van der Waals surface area contributed by atoms with Crippen LogP contribution in [0.25, 0.3) is 0 Å². The van der Waals surface area contributed by atoms with Gasteiger partial charge in [-0.25, -0.2) is 14.3 Å². The minimum absolute atomic E-state index is 0.0410. The Morgan fingerprint density at radius 1 is 1.24 bits per heavy atom. The fourth-order valence-electron chi connectivity index (χ4n) is 2.01. The first-order valence-corrected chi connectivity index (χ1v) is 8.60. The van der Waals surface area contributed by atoms with Gasteiger partial charge in [0.05, 0.1) is 20.5 Å². The van der Waals surface area contributed by atoms with Crippen molar-refractivity contribution >= 4 is 38.9 Å². The predicted octanol–water partition coefficient (Wildman–Crippen LogP) is 1.43. The normalized spacial score (nSPS) is 11.0. The van der Waals surface area contributed by atoms with Crippen LogP contribution in [0.4, 0.5) is 11.4 Å². The Bertz CT molecular complexity index is 919. The molecule has 0 saturated heterocycles. The predicted molar refractivity (Wildman–Crippen MR) is 91.4 cm³/mol. The van der Waals surface area contributed by atoms with Crippen molar-refractivity contribution in [1.29, 1.82) is 0 Å². The van der Waals surface area contributed by atoms with E-state index in [0.717, 1.165) is 16.4 Å². The maximum Gasteiger partial charge on any atom is 0.270 e. The number of rotatable bonds is 6. The van der Waals surface area contributed by atoms with Gasteiger partial charge >= 0.3 is 0 Å². The molecule has 0 aliphatic heterocycles. The van der Waals surface area contributed by atoms with Crippen LogP contribution < -0.4 is 15.6 Å². The molecule has 0 atom stereocenters. The van der Waals surface area contributed by atoms with E-state index in [1.165, 1.54) is 30.3 Å². The Hall–Kier alpha value is -2.69. The molecule has 0 radical (unpaired) electrons. The number of benzene rings is 2. The molecule has 2 aromatic rings. The van der Waals surface area contributed by atoms with Crippen LogP contribution in [0, 0.1) is 10.1 Å². The van der Waals surface area contributed by atoms with Crippen molar-refractivity contribution in [3.05, 3.63) is 63.7 Å². The summed E-state index contributed by atoms with van der Waals surface area (Å²) >= 11 is 6.04. The number of carbonyl (C=O) groups is 1. The first kappa shape index (κ1) is 18.6. The van der Waals surface area contributed by atoms with Crippen LogP contribution in [0.3, 0.4) is 0 Å². The number of nitro groups is 1. The maximum absolute atomic E-state index is 12.9. The topological polar surface area (TPSA) is 136 Å². The molecule has 2 rings (SSSR count). The zero-order chi connectivity index (χ0) is 18.6. The fourth-order valence-corrected chi connectivity index (χ4v) is 3.78. The number of halogens is 1. The van der Waals surface area contributed by atoms with Gasteiger partial charge in [0, 0.05) is 12.1 Å². The van der Waals surface area contributed by atoms with Gasteiger partial charge in [-0.2, -0.15) is 0 Å². The largest absolute Gasteiger partial charge is 0.293 e. The maximum atomic E-state index is 12.9. The second-order valence-electron chi connectivity index (χ2n) is 4.79. The molecule has 0 aliphatic rings. The molecule has 11 heteroatoms. The molecule has 132 valence electrons. The number of nitro benzene ring substituents is 1. The fraction of sp³-hybridized carbons (Fsp3) is 0.0714. The van der Waals surface area contributed by atoms with Gasteiger partial charge in [-0.15, -0.1) is 0 Å². The lowest BCUT2D eigenvalue weighted by Crippen LogP contribution is -2.43. The second-order valence-corrected chi connectivity index (χ2v) is 7.05. The van der Waals surface area contributed by atoms with Crippen LogP contribution in [0.5, 0.6) is 0 Å². The van der Waals surface area contributed by atoms with Crippen molar-refractivity contribution in [2.45, 2.75) is 4.90 Å². The van der Waals surface area contributed by atoms with E-state index >= 15 is 0 Å². The highest BCUT2D eigenvalue weighted by Gasteiger charge is 2.29. The van der Waals surface area contributed by atoms with Crippen LogP contribution in [0.15, 0.2) is 53.4 Å². The molecule has 2 aromatic carbocycles. The molecule has 0 heterocycles. The molecule has 9 nitrogen and oxygen atoms in total. The third-order valence-corrected chi connectivity index (χ3v) is 5.26. The van der Waals surface area contributed by atoms with E-state index in [2.05, 4.69) is 0 Å². The van der Waals surface area contributed by atoms with Crippen molar-refractivity contribution in [2.75, 3.05) is 10.8 Å². The molecule has 0 aliphatic carbocycles. The summed E-state index contributed by atoms with van der Waals surface area (Å²) in [6.07, 6.45) is 0. The molecule has 25 heavy (non-hydrogen) atoms. The Morgan fingerprint density at radius 3 is 2.52 bits per heavy atom. The third-order valence-electron chi connectivity index (χ3n) is 3.19. The number of anilines is 1. The SMILES string of the molecule is NNC(=O)CN(c1ccccc1Cl)S(=O)(=O)c1cccc([N+](=O)[O-])c1. The number of hydrogen-bond acceptors (Lipinski definition) is 6. The number of non-ortho nitro benzene ring substituents is 1. The number of nitrogens with one attached hydrogen (secondary N) is 1. The summed E-state index contributed by atoms with van der Waals surface area (Å²) in [7, 11) is -4.31. The molecule has 0 spiro atoms. The highest BCUT2D eigenvalue weighted by atomic mass is 35.5. The van der Waals surface area contributed by atoms with Crippen molar-refractivity contribution in [3.63, 3.8) is 0 Å². The van der Waals surface area contributed by atoms with Crippen molar-refractivity contribution in [1.82, 2.24) is 5.43 Å². The zero-order valence-corrected chi connectivity index (χ0v) is 14.2. The van der Waals surface area contributed by atoms with Crippen LogP contribution >= 0.6 is 11.6 Å². The smallest absolute Gasteiger partial charge is 0.270 e. The van der Waals surface area contributed by atoms with Crippen molar-refractivity contribution in [2.24, 2.45) is 5.84 Å². The number of para-hydroxylation sites is 1. The molecule has 3 N–H and O–H groups in total. The average molecular weight is 385 g/mol. The summed E-state index contributed by atoms with van der Waals surface area (Å²) in [4.78, 5) is 21.5. The minimum atomic E-state index is -4.31. The third kappa shape index (κ3) is 4.05.